The Kier molecular flexibility index (Phi) is 5.34. The number of nitrogens with zero attached hydrogens (tertiary/aromatic N) is 4. The number of hydrogen-bond acceptors (Lipinski definition) is 3. The summed E-state index contributed by atoms with van der Waals surface area (Å²) in [5, 5.41) is 9.48. The molecule has 26 heavy (non-hydrogen) atoms. The van der Waals surface area contributed by atoms with Crippen LogP contribution in [0.25, 0.3) is 11.0 Å². The van der Waals surface area contributed by atoms with E-state index in [1.54, 1.807) is 6.92 Å². The molecular formula is C19H27FN4O2. The van der Waals surface area contributed by atoms with Crippen molar-refractivity contribution in [3.63, 3.8) is 0 Å². The predicted octanol–water partition coefficient (Wildman–Crippen LogP) is 4.33. The molecule has 7 heteroatoms. The molecule has 1 aliphatic rings. The molecule has 0 bridgehead atoms. The van der Waals surface area contributed by atoms with Crippen LogP contribution in [0.15, 0.2) is 12.1 Å². The Balaban J connectivity index is 2.12. The van der Waals surface area contributed by atoms with Crippen LogP contribution in [0.4, 0.5) is 20.8 Å². The molecule has 1 aromatic carbocycles. The van der Waals surface area contributed by atoms with Crippen LogP contribution in [0.5, 0.6) is 0 Å². The van der Waals surface area contributed by atoms with Crippen LogP contribution in [0.1, 0.15) is 40.0 Å². The molecule has 6 nitrogen and oxygen atoms in total. The Bertz CT molecular complexity index is 804. The van der Waals surface area contributed by atoms with Gasteiger partial charge < -0.3 is 14.6 Å². The van der Waals surface area contributed by atoms with Crippen molar-refractivity contribution < 1.29 is 14.3 Å². The van der Waals surface area contributed by atoms with Crippen LogP contribution in [0, 0.1) is 11.7 Å². The lowest BCUT2D eigenvalue weighted by molar-refractivity contribution is 0.201. The fraction of sp³-hybridized carbons (Fsp3) is 0.579. The van der Waals surface area contributed by atoms with Gasteiger partial charge in [-0.15, -0.1) is 0 Å². The lowest BCUT2D eigenvalue weighted by atomic mass is 9.99. The van der Waals surface area contributed by atoms with Gasteiger partial charge in [0, 0.05) is 32.2 Å². The number of aryl methyl sites for hydroxylation is 1. The quantitative estimate of drug-likeness (QED) is 0.860. The van der Waals surface area contributed by atoms with Crippen LogP contribution >= 0.6 is 0 Å². The number of anilines is 2. The van der Waals surface area contributed by atoms with Crippen molar-refractivity contribution in [1.29, 1.82) is 0 Å². The number of halogens is 1. The van der Waals surface area contributed by atoms with Gasteiger partial charge in [-0.2, -0.15) is 0 Å². The summed E-state index contributed by atoms with van der Waals surface area (Å²) < 4.78 is 16.7. The van der Waals surface area contributed by atoms with Gasteiger partial charge in [-0.3, -0.25) is 0 Å². The first kappa shape index (κ1) is 18.5. The number of aromatic nitrogens is 2. The van der Waals surface area contributed by atoms with E-state index in [0.29, 0.717) is 36.2 Å². The third-order valence-corrected chi connectivity index (χ3v) is 5.03. The minimum atomic E-state index is -1.05. The summed E-state index contributed by atoms with van der Waals surface area (Å²) in [6, 6.07) is 3.28. The number of carboxylic acid groups (broad SMARTS) is 1. The van der Waals surface area contributed by atoms with Crippen molar-refractivity contribution in [1.82, 2.24) is 9.55 Å². The normalized spacial score (nSPS) is 17.7. The minimum absolute atomic E-state index is 0.293. The van der Waals surface area contributed by atoms with Crippen LogP contribution in [0.2, 0.25) is 0 Å². The zero-order valence-electron chi connectivity index (χ0n) is 15.7. The molecule has 2 heterocycles. The van der Waals surface area contributed by atoms with Gasteiger partial charge in [-0.05, 0) is 38.2 Å². The average molecular weight is 362 g/mol. The summed E-state index contributed by atoms with van der Waals surface area (Å²) in [7, 11) is 0. The fourth-order valence-corrected chi connectivity index (χ4v) is 3.78. The Labute approximate surface area is 153 Å². The van der Waals surface area contributed by atoms with Crippen molar-refractivity contribution in [2.24, 2.45) is 5.92 Å². The van der Waals surface area contributed by atoms with E-state index in [9.17, 15) is 14.3 Å². The first-order valence-electron chi connectivity index (χ1n) is 9.41. The van der Waals surface area contributed by atoms with Gasteiger partial charge in [0.15, 0.2) is 0 Å². The molecule has 3 rings (SSSR count). The third-order valence-electron chi connectivity index (χ3n) is 5.03. The maximum atomic E-state index is 14.8. The van der Waals surface area contributed by atoms with Crippen molar-refractivity contribution in [2.45, 2.75) is 46.6 Å². The highest BCUT2D eigenvalue weighted by Gasteiger charge is 2.24. The number of amides is 1. The molecule has 1 amide bonds. The van der Waals surface area contributed by atoms with E-state index in [1.807, 2.05) is 17.6 Å². The number of benzene rings is 1. The minimum Gasteiger partial charge on any atom is -0.465 e. The maximum Gasteiger partial charge on any atom is 0.414 e. The summed E-state index contributed by atoms with van der Waals surface area (Å²) in [5.41, 5.74) is 1.88. The molecule has 1 saturated heterocycles. The Morgan fingerprint density at radius 1 is 1.42 bits per heavy atom. The largest absolute Gasteiger partial charge is 0.465 e. The van der Waals surface area contributed by atoms with E-state index in [0.717, 1.165) is 31.4 Å². The molecule has 1 atom stereocenters. The zero-order chi connectivity index (χ0) is 18.8. The summed E-state index contributed by atoms with van der Waals surface area (Å²) in [6.07, 6.45) is 2.01. The third kappa shape index (κ3) is 3.34. The Morgan fingerprint density at radius 2 is 2.19 bits per heavy atom. The van der Waals surface area contributed by atoms with E-state index in [2.05, 4.69) is 16.8 Å². The first-order chi connectivity index (χ1) is 12.5. The molecule has 1 N–H and O–H groups in total. The lowest BCUT2D eigenvalue weighted by Gasteiger charge is -2.33. The highest BCUT2D eigenvalue weighted by Crippen LogP contribution is 2.32. The first-order valence-corrected chi connectivity index (χ1v) is 9.41. The Hall–Kier alpha value is -2.31. The topological polar surface area (TPSA) is 61.6 Å². The van der Waals surface area contributed by atoms with Gasteiger partial charge in [0.05, 0.1) is 16.7 Å². The van der Waals surface area contributed by atoms with Gasteiger partial charge in [-0.1, -0.05) is 13.8 Å². The van der Waals surface area contributed by atoms with E-state index < -0.39 is 6.09 Å². The molecule has 0 radical (unpaired) electrons. The number of fused-ring (bicyclic) bond motifs is 1. The molecule has 1 fully saturated rings. The smallest absolute Gasteiger partial charge is 0.414 e. The van der Waals surface area contributed by atoms with E-state index in [4.69, 9.17) is 0 Å². The van der Waals surface area contributed by atoms with E-state index in [-0.39, 0.29) is 5.82 Å². The van der Waals surface area contributed by atoms with Gasteiger partial charge in [0.25, 0.3) is 0 Å². The van der Waals surface area contributed by atoms with Crippen LogP contribution in [0.3, 0.4) is 0 Å². The second kappa shape index (κ2) is 7.51. The van der Waals surface area contributed by atoms with Crippen molar-refractivity contribution >= 4 is 28.8 Å². The number of hydrogen-bond donors (Lipinski definition) is 1. The molecule has 0 aliphatic carbocycles. The van der Waals surface area contributed by atoms with Crippen molar-refractivity contribution in [3.05, 3.63) is 17.9 Å². The summed E-state index contributed by atoms with van der Waals surface area (Å²) >= 11 is 0. The van der Waals surface area contributed by atoms with Gasteiger partial charge in [0.2, 0.25) is 5.95 Å². The monoisotopic (exact) mass is 362 g/mol. The predicted molar refractivity (Wildman–Crippen MR) is 102 cm³/mol. The zero-order valence-corrected chi connectivity index (χ0v) is 15.7. The highest BCUT2D eigenvalue weighted by molar-refractivity contribution is 5.89. The maximum absolute atomic E-state index is 14.8. The molecule has 0 spiro atoms. The highest BCUT2D eigenvalue weighted by atomic mass is 19.1. The number of carbonyl (C=O) groups is 1. The molecule has 1 unspecified atom stereocenters. The lowest BCUT2D eigenvalue weighted by Crippen LogP contribution is -2.34. The molecule has 2 aromatic rings. The number of imidazole rings is 1. The molecule has 142 valence electrons. The van der Waals surface area contributed by atoms with Gasteiger partial charge in [0.1, 0.15) is 5.82 Å². The van der Waals surface area contributed by atoms with Crippen LogP contribution < -0.4 is 9.80 Å². The van der Waals surface area contributed by atoms with Crippen molar-refractivity contribution in [2.75, 3.05) is 29.4 Å². The molecule has 0 saturated carbocycles. The second-order valence-corrected chi connectivity index (χ2v) is 7.08. The van der Waals surface area contributed by atoms with Crippen LogP contribution in [-0.4, -0.2) is 40.4 Å². The molecule has 1 aromatic heterocycles. The summed E-state index contributed by atoms with van der Waals surface area (Å²) in [5.74, 6) is 0.607. The summed E-state index contributed by atoms with van der Waals surface area (Å²) in [6.45, 7) is 8.60. The Morgan fingerprint density at radius 3 is 2.81 bits per heavy atom. The van der Waals surface area contributed by atoms with E-state index >= 15 is 0 Å². The van der Waals surface area contributed by atoms with Crippen LogP contribution in [-0.2, 0) is 6.54 Å². The molecule has 1 aliphatic heterocycles. The van der Waals surface area contributed by atoms with Crippen molar-refractivity contribution in [3.8, 4) is 0 Å². The number of rotatable bonds is 5. The fourth-order valence-electron chi connectivity index (χ4n) is 3.78. The van der Waals surface area contributed by atoms with Gasteiger partial charge >= 0.3 is 6.09 Å². The molecular weight excluding hydrogens is 335 g/mol. The average Bonchev–Trinajstić information content (AvgIpc) is 2.92. The van der Waals surface area contributed by atoms with E-state index in [1.165, 1.54) is 17.4 Å². The summed E-state index contributed by atoms with van der Waals surface area (Å²) in [4.78, 5) is 19.3. The second-order valence-electron chi connectivity index (χ2n) is 7.08. The number of piperidine rings is 1. The SMILES string of the molecule is CCCn1c(N(CC)C(=O)O)nc2cc(F)c(N3CCCC(C)C3)cc21. The standard InChI is InChI=1S/C19H27FN4O2/c1-4-8-24-17-11-16(22-9-6-7-13(3)12-22)14(20)10-15(17)21-18(24)23(5-2)19(25)26/h10-11,13H,4-9,12H2,1-3H3,(H,25,26). The van der Waals surface area contributed by atoms with Gasteiger partial charge in [-0.25, -0.2) is 19.1 Å².